The fourth-order valence-corrected chi connectivity index (χ4v) is 1.93. The molecule has 1 aromatic carbocycles. The van der Waals surface area contributed by atoms with Crippen LogP contribution >= 0.6 is 0 Å². The van der Waals surface area contributed by atoms with E-state index in [0.29, 0.717) is 6.54 Å². The van der Waals surface area contributed by atoms with Crippen LogP contribution in [-0.2, 0) is 4.79 Å². The number of carbonyl (C=O) groups excluding carboxylic acids is 2. The number of Topliss-reactive ketones (excluding diaryl/α,β-unsaturated/α-hetero) is 1. The molecule has 0 heterocycles. The van der Waals surface area contributed by atoms with Crippen molar-refractivity contribution in [3.05, 3.63) is 33.9 Å². The van der Waals surface area contributed by atoms with Gasteiger partial charge >= 0.3 is 5.69 Å². The van der Waals surface area contributed by atoms with Gasteiger partial charge in [-0.25, -0.2) is 0 Å². The van der Waals surface area contributed by atoms with Gasteiger partial charge in [-0.1, -0.05) is 20.3 Å². The lowest BCUT2D eigenvalue weighted by Gasteiger charge is -2.17. The summed E-state index contributed by atoms with van der Waals surface area (Å²) in [5.41, 5.74) is -0.0498. The van der Waals surface area contributed by atoms with Gasteiger partial charge in [-0.3, -0.25) is 19.7 Å². The van der Waals surface area contributed by atoms with Crippen LogP contribution in [-0.4, -0.2) is 41.7 Å². The first kappa shape index (κ1) is 18.6. The van der Waals surface area contributed by atoms with Gasteiger partial charge in [-0.15, -0.1) is 0 Å². The number of hydrogen-bond donors (Lipinski definition) is 0. The van der Waals surface area contributed by atoms with E-state index in [9.17, 15) is 19.7 Å². The van der Waals surface area contributed by atoms with E-state index in [-0.39, 0.29) is 41.7 Å². The molecule has 0 spiro atoms. The van der Waals surface area contributed by atoms with Crippen molar-refractivity contribution < 1.29 is 19.2 Å². The number of ketones is 1. The molecule has 0 aliphatic rings. The number of rotatable bonds is 9. The Morgan fingerprint density at radius 1 is 1.30 bits per heavy atom. The Hall–Kier alpha value is -2.44. The second-order valence-electron chi connectivity index (χ2n) is 5.17. The molecular weight excluding hydrogens is 300 g/mol. The molecule has 0 aliphatic heterocycles. The molecule has 7 heteroatoms. The first-order valence-corrected chi connectivity index (χ1v) is 7.59. The van der Waals surface area contributed by atoms with Gasteiger partial charge < -0.3 is 9.64 Å². The summed E-state index contributed by atoms with van der Waals surface area (Å²) < 4.78 is 5.29. The van der Waals surface area contributed by atoms with E-state index in [1.165, 1.54) is 23.1 Å². The van der Waals surface area contributed by atoms with Crippen LogP contribution in [0, 0.1) is 10.1 Å². The number of hydrogen-bond acceptors (Lipinski definition) is 5. The van der Waals surface area contributed by atoms with Crippen molar-refractivity contribution in [3.63, 3.8) is 0 Å². The van der Waals surface area contributed by atoms with Gasteiger partial charge in [-0.05, 0) is 18.6 Å². The summed E-state index contributed by atoms with van der Waals surface area (Å²) in [7, 11) is 1.67. The van der Waals surface area contributed by atoms with Gasteiger partial charge in [0, 0.05) is 31.6 Å². The zero-order chi connectivity index (χ0) is 17.4. The quantitative estimate of drug-likeness (QED) is 0.396. The third-order valence-electron chi connectivity index (χ3n) is 3.42. The van der Waals surface area contributed by atoms with E-state index in [4.69, 9.17) is 4.74 Å². The Morgan fingerprint density at radius 3 is 2.57 bits per heavy atom. The number of amides is 1. The molecule has 0 radical (unpaired) electrons. The van der Waals surface area contributed by atoms with E-state index in [2.05, 4.69) is 0 Å². The van der Waals surface area contributed by atoms with E-state index in [1.54, 1.807) is 14.0 Å². The molecule has 0 atom stereocenters. The van der Waals surface area contributed by atoms with Crippen molar-refractivity contribution in [1.82, 2.24) is 4.90 Å². The minimum Gasteiger partial charge on any atom is -0.477 e. The summed E-state index contributed by atoms with van der Waals surface area (Å²) in [6.45, 7) is 4.05. The minimum atomic E-state index is -0.618. The van der Waals surface area contributed by atoms with Crippen molar-refractivity contribution in [2.24, 2.45) is 0 Å². The van der Waals surface area contributed by atoms with Crippen LogP contribution in [0.4, 0.5) is 5.69 Å². The molecule has 0 saturated heterocycles. The average Bonchev–Trinajstić information content (AvgIpc) is 2.56. The Kier molecular flexibility index (Phi) is 7.18. The van der Waals surface area contributed by atoms with Gasteiger partial charge in [0.2, 0.25) is 0 Å². The van der Waals surface area contributed by atoms with Gasteiger partial charge in [0.05, 0.1) is 4.92 Å². The van der Waals surface area contributed by atoms with Crippen molar-refractivity contribution in [2.75, 3.05) is 20.2 Å². The van der Waals surface area contributed by atoms with Crippen LogP contribution in [0.25, 0.3) is 0 Å². The molecule has 1 rings (SSSR count). The number of likely N-dealkylation sites (N-methyl/N-ethyl adjacent to an activating group) is 1. The highest BCUT2D eigenvalue weighted by atomic mass is 16.6. The van der Waals surface area contributed by atoms with E-state index >= 15 is 0 Å². The topological polar surface area (TPSA) is 89.8 Å². The molecule has 7 nitrogen and oxygen atoms in total. The number of ether oxygens (including phenoxy) is 1. The number of nitro benzene ring substituents is 1. The molecule has 0 fully saturated rings. The lowest BCUT2D eigenvalue weighted by molar-refractivity contribution is -0.385. The van der Waals surface area contributed by atoms with Crippen LogP contribution in [0.2, 0.25) is 0 Å². The predicted molar refractivity (Wildman–Crippen MR) is 85.8 cm³/mol. The van der Waals surface area contributed by atoms with Crippen molar-refractivity contribution in [2.45, 2.75) is 33.1 Å². The number of nitrogens with zero attached hydrogens (tertiary/aromatic N) is 2. The fourth-order valence-electron chi connectivity index (χ4n) is 1.93. The first-order chi connectivity index (χ1) is 10.9. The Balaban J connectivity index is 2.82. The molecule has 1 amide bonds. The third-order valence-corrected chi connectivity index (χ3v) is 3.42. The van der Waals surface area contributed by atoms with Gasteiger partial charge in [0.15, 0.2) is 18.1 Å². The second kappa shape index (κ2) is 8.87. The molecule has 126 valence electrons. The number of benzene rings is 1. The molecule has 0 saturated carbocycles. The molecule has 0 aromatic heterocycles. The maximum absolute atomic E-state index is 11.9. The Bertz CT molecular complexity index is 586. The fraction of sp³-hybridized carbons (Fsp3) is 0.500. The molecule has 0 bridgehead atoms. The third kappa shape index (κ3) is 5.36. The summed E-state index contributed by atoms with van der Waals surface area (Å²) in [5, 5.41) is 11.1. The van der Waals surface area contributed by atoms with Crippen LogP contribution in [0.1, 0.15) is 43.5 Å². The second-order valence-corrected chi connectivity index (χ2v) is 5.17. The molecule has 0 N–H and O–H groups in total. The number of unbranched alkanes of at least 4 members (excludes halogenated alkanes) is 1. The van der Waals surface area contributed by atoms with Crippen LogP contribution in [0.5, 0.6) is 5.75 Å². The molecule has 0 unspecified atom stereocenters. The highest BCUT2D eigenvalue weighted by molar-refractivity contribution is 5.96. The number of carbonyl (C=O) groups is 2. The van der Waals surface area contributed by atoms with E-state index < -0.39 is 4.92 Å². The first-order valence-electron chi connectivity index (χ1n) is 7.59. The zero-order valence-corrected chi connectivity index (χ0v) is 13.7. The van der Waals surface area contributed by atoms with Crippen molar-refractivity contribution >= 4 is 17.4 Å². The van der Waals surface area contributed by atoms with Crippen LogP contribution in [0.15, 0.2) is 18.2 Å². The summed E-state index contributed by atoms with van der Waals surface area (Å²) in [6, 6.07) is 4.02. The highest BCUT2D eigenvalue weighted by Crippen LogP contribution is 2.28. The smallest absolute Gasteiger partial charge is 0.311 e. The molecule has 1 aromatic rings. The average molecular weight is 322 g/mol. The summed E-state index contributed by atoms with van der Waals surface area (Å²) >= 11 is 0. The van der Waals surface area contributed by atoms with Gasteiger partial charge in [0.1, 0.15) is 0 Å². The monoisotopic (exact) mass is 322 g/mol. The Morgan fingerprint density at radius 2 is 2.00 bits per heavy atom. The molecular formula is C16H22N2O5. The van der Waals surface area contributed by atoms with E-state index in [0.717, 1.165) is 12.8 Å². The summed E-state index contributed by atoms with van der Waals surface area (Å²) in [5.74, 6) is -0.448. The normalized spacial score (nSPS) is 10.2. The largest absolute Gasteiger partial charge is 0.477 e. The maximum Gasteiger partial charge on any atom is 0.311 e. The lowest BCUT2D eigenvalue weighted by atomic mass is 10.1. The van der Waals surface area contributed by atoms with Crippen LogP contribution < -0.4 is 4.74 Å². The van der Waals surface area contributed by atoms with E-state index in [1.807, 2.05) is 6.92 Å². The van der Waals surface area contributed by atoms with Gasteiger partial charge in [-0.2, -0.15) is 0 Å². The van der Waals surface area contributed by atoms with Crippen molar-refractivity contribution in [1.29, 1.82) is 0 Å². The zero-order valence-electron chi connectivity index (χ0n) is 13.7. The summed E-state index contributed by atoms with van der Waals surface area (Å²) in [6.07, 6.45) is 2.12. The molecule has 23 heavy (non-hydrogen) atoms. The number of nitro groups is 1. The van der Waals surface area contributed by atoms with Gasteiger partial charge in [0.25, 0.3) is 5.91 Å². The van der Waals surface area contributed by atoms with Crippen molar-refractivity contribution in [3.8, 4) is 5.75 Å². The van der Waals surface area contributed by atoms with Crippen LogP contribution in [0.3, 0.4) is 0 Å². The standard InChI is InChI=1S/C16H22N2O5/c1-4-6-9-17(3)16(20)11-23-15-8-7-12(14(19)5-2)10-13(15)18(21)22/h7-8,10H,4-6,9,11H2,1-3H3. The summed E-state index contributed by atoms with van der Waals surface area (Å²) in [4.78, 5) is 35.6. The predicted octanol–water partition coefficient (Wildman–Crippen LogP) is 2.82. The Labute approximate surface area is 135 Å². The minimum absolute atomic E-state index is 0.0140. The molecule has 0 aliphatic carbocycles. The SMILES string of the molecule is CCCCN(C)C(=O)COc1ccc(C(=O)CC)cc1[N+](=O)[O-]. The maximum atomic E-state index is 11.9. The lowest BCUT2D eigenvalue weighted by Crippen LogP contribution is -2.32. The highest BCUT2D eigenvalue weighted by Gasteiger charge is 2.19.